The van der Waals surface area contributed by atoms with Gasteiger partial charge in [0, 0.05) is 58.2 Å². The van der Waals surface area contributed by atoms with Crippen LogP contribution in [0.4, 0.5) is 5.82 Å². The highest BCUT2D eigenvalue weighted by molar-refractivity contribution is 7.87. The molecule has 1 aliphatic heterocycles. The molecule has 3 aromatic rings. The van der Waals surface area contributed by atoms with Gasteiger partial charge in [0.05, 0.1) is 17.6 Å². The summed E-state index contributed by atoms with van der Waals surface area (Å²) in [6, 6.07) is 7.90. The third-order valence-electron chi connectivity index (χ3n) is 5.73. The van der Waals surface area contributed by atoms with Crippen molar-refractivity contribution < 1.29 is 13.2 Å². The summed E-state index contributed by atoms with van der Waals surface area (Å²) in [5.41, 5.74) is 8.73. The van der Waals surface area contributed by atoms with Crippen molar-refractivity contribution in [2.45, 2.75) is 25.8 Å². The van der Waals surface area contributed by atoms with Gasteiger partial charge >= 0.3 is 0 Å². The Morgan fingerprint density at radius 3 is 2.75 bits per heavy atom. The number of rotatable bonds is 10. The highest BCUT2D eigenvalue weighted by Crippen LogP contribution is 2.29. The molecule has 0 spiro atoms. The van der Waals surface area contributed by atoms with Crippen molar-refractivity contribution in [1.82, 2.24) is 28.9 Å². The number of hydrogen-bond acceptors (Lipinski definition) is 7. The fraction of sp³-hybridized carbons (Fsp3) is 0.524. The van der Waals surface area contributed by atoms with E-state index in [4.69, 9.17) is 15.5 Å². The molecule has 0 amide bonds. The van der Waals surface area contributed by atoms with E-state index in [0.29, 0.717) is 70.1 Å². The first-order valence-electron chi connectivity index (χ1n) is 11.0. The molecule has 2 aromatic heterocycles. The van der Waals surface area contributed by atoms with E-state index < -0.39 is 10.2 Å². The number of nitrogen functional groups attached to an aromatic ring is 1. The lowest BCUT2D eigenvalue weighted by Gasteiger charge is -2.26. The molecule has 174 valence electrons. The molecule has 0 unspecified atom stereocenters. The number of fused-ring (bicyclic) bond motifs is 3. The normalized spacial score (nSPS) is 15.7. The van der Waals surface area contributed by atoms with Crippen molar-refractivity contribution in [2.24, 2.45) is 0 Å². The second-order valence-electron chi connectivity index (χ2n) is 7.89. The number of unbranched alkanes of at least 4 members (excludes halogenated alkanes) is 1. The van der Waals surface area contributed by atoms with E-state index in [1.807, 2.05) is 24.3 Å². The summed E-state index contributed by atoms with van der Waals surface area (Å²) in [4.78, 5) is 9.28. The van der Waals surface area contributed by atoms with Crippen LogP contribution in [0.5, 0.6) is 0 Å². The average molecular weight is 462 g/mol. The molecule has 0 bridgehead atoms. The van der Waals surface area contributed by atoms with Crippen LogP contribution in [0.3, 0.4) is 0 Å². The molecule has 1 fully saturated rings. The van der Waals surface area contributed by atoms with Crippen LogP contribution in [-0.2, 0) is 27.9 Å². The van der Waals surface area contributed by atoms with Crippen LogP contribution in [0.2, 0.25) is 0 Å². The minimum Gasteiger partial charge on any atom is -0.384 e. The van der Waals surface area contributed by atoms with Crippen LogP contribution in [0.25, 0.3) is 21.9 Å². The highest BCUT2D eigenvalue weighted by atomic mass is 32.2. The minimum atomic E-state index is -3.42. The topological polar surface area (TPSA) is 127 Å². The van der Waals surface area contributed by atoms with Crippen molar-refractivity contribution in [3.63, 3.8) is 0 Å². The minimum absolute atomic E-state index is 0.400. The van der Waals surface area contributed by atoms with Crippen molar-refractivity contribution in [1.29, 1.82) is 0 Å². The monoisotopic (exact) mass is 461 g/mol. The average Bonchev–Trinajstić information content (AvgIpc) is 3.17. The lowest BCUT2D eigenvalue weighted by Crippen LogP contribution is -2.50. The van der Waals surface area contributed by atoms with Gasteiger partial charge in [-0.3, -0.25) is 0 Å². The molecule has 32 heavy (non-hydrogen) atoms. The summed E-state index contributed by atoms with van der Waals surface area (Å²) >= 11 is 0. The Balaban J connectivity index is 1.49. The number of benzene rings is 1. The SMILES string of the molecule is COCCc1nc2c(N)nc3ccccc3c2n1CCCCNS(=O)(=O)N1CCNCC1. The molecule has 11 heteroatoms. The van der Waals surface area contributed by atoms with Gasteiger partial charge < -0.3 is 20.4 Å². The first-order valence-corrected chi connectivity index (χ1v) is 12.4. The third kappa shape index (κ3) is 4.86. The van der Waals surface area contributed by atoms with Gasteiger partial charge in [0.25, 0.3) is 10.2 Å². The van der Waals surface area contributed by atoms with E-state index >= 15 is 0 Å². The fourth-order valence-electron chi connectivity index (χ4n) is 4.10. The Labute approximate surface area is 188 Å². The molecular formula is C21H31N7O3S. The van der Waals surface area contributed by atoms with Crippen molar-refractivity contribution in [3.8, 4) is 0 Å². The number of imidazole rings is 1. The molecule has 1 aromatic carbocycles. The smallest absolute Gasteiger partial charge is 0.279 e. The van der Waals surface area contributed by atoms with Crippen LogP contribution in [0.15, 0.2) is 24.3 Å². The molecule has 1 saturated heterocycles. The van der Waals surface area contributed by atoms with Crippen LogP contribution < -0.4 is 15.8 Å². The summed E-state index contributed by atoms with van der Waals surface area (Å²) < 4.78 is 36.6. The Hall–Kier alpha value is -2.31. The van der Waals surface area contributed by atoms with Crippen molar-refractivity contribution in [2.75, 3.05) is 52.2 Å². The second-order valence-corrected chi connectivity index (χ2v) is 9.64. The number of nitrogens with two attached hydrogens (primary N) is 1. The summed E-state index contributed by atoms with van der Waals surface area (Å²) in [5.74, 6) is 1.31. The molecule has 0 saturated carbocycles. The quantitative estimate of drug-likeness (QED) is 0.382. The standard InChI is InChI=1S/C21H31N7O3S/c1-31-15-8-18-26-19-20(16-6-2-3-7-17(16)25-21(19)22)28(18)12-5-4-9-24-32(29,30)27-13-10-23-11-14-27/h2-3,6-7,23-24H,4-5,8-15H2,1H3,(H2,22,25). The van der Waals surface area contributed by atoms with Crippen LogP contribution in [0.1, 0.15) is 18.7 Å². The van der Waals surface area contributed by atoms with E-state index in [1.54, 1.807) is 7.11 Å². The number of hydrogen-bond donors (Lipinski definition) is 3. The third-order valence-corrected chi connectivity index (χ3v) is 7.34. The predicted molar refractivity (Wildman–Crippen MR) is 126 cm³/mol. The number of nitrogens with one attached hydrogen (secondary N) is 2. The molecule has 0 aliphatic carbocycles. The second kappa shape index (κ2) is 10.1. The van der Waals surface area contributed by atoms with E-state index in [-0.39, 0.29) is 0 Å². The van der Waals surface area contributed by atoms with Crippen molar-refractivity contribution >= 4 is 38.0 Å². The Morgan fingerprint density at radius 1 is 1.19 bits per heavy atom. The van der Waals surface area contributed by atoms with E-state index in [1.165, 1.54) is 4.31 Å². The maximum absolute atomic E-state index is 12.4. The zero-order chi connectivity index (χ0) is 22.6. The molecule has 1 aliphatic rings. The zero-order valence-electron chi connectivity index (χ0n) is 18.4. The van der Waals surface area contributed by atoms with Crippen LogP contribution in [0, 0.1) is 0 Å². The number of pyridine rings is 1. The number of anilines is 1. The van der Waals surface area contributed by atoms with E-state index in [0.717, 1.165) is 28.7 Å². The molecule has 4 N–H and O–H groups in total. The molecule has 0 atom stereocenters. The molecule has 10 nitrogen and oxygen atoms in total. The summed E-state index contributed by atoms with van der Waals surface area (Å²) in [6.07, 6.45) is 2.17. The Kier molecular flexibility index (Phi) is 7.21. The highest BCUT2D eigenvalue weighted by Gasteiger charge is 2.23. The number of aromatic nitrogens is 3. The summed E-state index contributed by atoms with van der Waals surface area (Å²) in [6.45, 7) is 4.04. The van der Waals surface area contributed by atoms with Gasteiger partial charge in [-0.2, -0.15) is 12.7 Å². The van der Waals surface area contributed by atoms with E-state index in [9.17, 15) is 8.42 Å². The van der Waals surface area contributed by atoms with E-state index in [2.05, 4.69) is 19.6 Å². The maximum atomic E-state index is 12.4. The number of aryl methyl sites for hydroxylation is 1. The lowest BCUT2D eigenvalue weighted by molar-refractivity contribution is 0.199. The first kappa shape index (κ1) is 22.9. The fourth-order valence-corrected chi connectivity index (χ4v) is 5.35. The summed E-state index contributed by atoms with van der Waals surface area (Å²) in [7, 11) is -1.75. The number of para-hydroxylation sites is 1. The number of piperazine rings is 1. The van der Waals surface area contributed by atoms with Gasteiger partial charge in [-0.1, -0.05) is 18.2 Å². The van der Waals surface area contributed by atoms with Crippen LogP contribution >= 0.6 is 0 Å². The van der Waals surface area contributed by atoms with Gasteiger partial charge in [0.2, 0.25) is 0 Å². The number of nitrogens with zero attached hydrogens (tertiary/aromatic N) is 4. The Morgan fingerprint density at radius 2 is 1.97 bits per heavy atom. The molecule has 3 heterocycles. The summed E-state index contributed by atoms with van der Waals surface area (Å²) in [5, 5.41) is 4.17. The number of ether oxygens (including phenoxy) is 1. The lowest BCUT2D eigenvalue weighted by atomic mass is 10.2. The van der Waals surface area contributed by atoms with Gasteiger partial charge in [0.1, 0.15) is 11.3 Å². The predicted octanol–water partition coefficient (Wildman–Crippen LogP) is 0.875. The number of methoxy groups -OCH3 is 1. The first-order chi connectivity index (χ1) is 15.5. The van der Waals surface area contributed by atoms with Gasteiger partial charge in [-0.15, -0.1) is 0 Å². The van der Waals surface area contributed by atoms with Gasteiger partial charge in [-0.05, 0) is 18.9 Å². The zero-order valence-corrected chi connectivity index (χ0v) is 19.2. The Bertz CT molecular complexity index is 1170. The molecular weight excluding hydrogens is 430 g/mol. The van der Waals surface area contributed by atoms with Gasteiger partial charge in [-0.25, -0.2) is 14.7 Å². The van der Waals surface area contributed by atoms with Crippen LogP contribution in [-0.4, -0.2) is 73.7 Å². The van der Waals surface area contributed by atoms with Gasteiger partial charge in [0.15, 0.2) is 5.82 Å². The molecule has 4 rings (SSSR count). The molecule has 0 radical (unpaired) electrons. The van der Waals surface area contributed by atoms with Crippen molar-refractivity contribution in [3.05, 3.63) is 30.1 Å². The maximum Gasteiger partial charge on any atom is 0.279 e. The largest absolute Gasteiger partial charge is 0.384 e.